The van der Waals surface area contributed by atoms with E-state index in [1.165, 1.54) is 6.20 Å². The van der Waals surface area contributed by atoms with Gasteiger partial charge in [0.05, 0.1) is 13.2 Å². The molecule has 1 aliphatic heterocycles. The highest BCUT2D eigenvalue weighted by Crippen LogP contribution is 2.20. The van der Waals surface area contributed by atoms with Gasteiger partial charge in [0.2, 0.25) is 0 Å². The van der Waals surface area contributed by atoms with Gasteiger partial charge < -0.3 is 20.3 Å². The van der Waals surface area contributed by atoms with E-state index in [0.717, 1.165) is 4.57 Å². The van der Waals surface area contributed by atoms with Crippen LogP contribution in [0.15, 0.2) is 23.1 Å². The summed E-state index contributed by atoms with van der Waals surface area (Å²) in [5.74, 6) is -0.850. The molecule has 0 spiro atoms. The van der Waals surface area contributed by atoms with E-state index in [9.17, 15) is 9.59 Å². The van der Waals surface area contributed by atoms with Crippen LogP contribution in [0.3, 0.4) is 0 Å². The summed E-state index contributed by atoms with van der Waals surface area (Å²) in [6.07, 6.45) is 3.24. The largest absolute Gasteiger partial charge is 0.462 e. The molecule has 0 aromatic carbocycles. The molecule has 20 heavy (non-hydrogen) atoms. The number of nitrogen functional groups attached to an aromatic ring is 1. The summed E-state index contributed by atoms with van der Waals surface area (Å²) >= 11 is 0. The van der Waals surface area contributed by atoms with E-state index >= 15 is 0 Å². The molecule has 0 saturated carbocycles. The Labute approximate surface area is 114 Å². The second kappa shape index (κ2) is 5.85. The van der Waals surface area contributed by atoms with Crippen LogP contribution in [0.1, 0.15) is 23.5 Å². The maximum atomic E-state index is 11.8. The van der Waals surface area contributed by atoms with Gasteiger partial charge in [0.25, 0.3) is 0 Å². The third-order valence-electron chi connectivity index (χ3n) is 2.74. The van der Waals surface area contributed by atoms with Gasteiger partial charge in [-0.15, -0.1) is 0 Å². The van der Waals surface area contributed by atoms with Crippen molar-refractivity contribution in [3.63, 3.8) is 0 Å². The summed E-state index contributed by atoms with van der Waals surface area (Å²) in [4.78, 5) is 27.1. The number of carbonyl (C=O) groups excluding carboxylic acids is 1. The first-order valence-electron chi connectivity index (χ1n) is 6.07. The van der Waals surface area contributed by atoms with Crippen LogP contribution in [0.25, 0.3) is 0 Å². The number of nitrogens with two attached hydrogens (primary N) is 1. The standard InChI is InChI=1S/C12H15N3O5/c1-2-19-11(17)8-5-15(12(18)14-10(8)13)9-4-3-7(6-16)20-9/h3-5,7,9,16H,2,6H2,1H3,(H2,13,14,18)/t7-,9+/m0/s1. The number of hydrogen-bond donors (Lipinski definition) is 2. The van der Waals surface area contributed by atoms with E-state index < -0.39 is 24.0 Å². The van der Waals surface area contributed by atoms with Crippen molar-refractivity contribution in [3.8, 4) is 0 Å². The minimum absolute atomic E-state index is 0.00380. The normalized spacial score (nSPS) is 21.1. The molecule has 1 aliphatic rings. The molecular weight excluding hydrogens is 266 g/mol. The van der Waals surface area contributed by atoms with Gasteiger partial charge in [-0.3, -0.25) is 4.57 Å². The fourth-order valence-electron chi connectivity index (χ4n) is 1.78. The van der Waals surface area contributed by atoms with Crippen molar-refractivity contribution in [1.82, 2.24) is 9.55 Å². The van der Waals surface area contributed by atoms with Gasteiger partial charge in [-0.1, -0.05) is 6.08 Å². The zero-order valence-electron chi connectivity index (χ0n) is 10.9. The molecule has 0 aliphatic carbocycles. The van der Waals surface area contributed by atoms with Crippen molar-refractivity contribution < 1.29 is 19.4 Å². The van der Waals surface area contributed by atoms with E-state index in [2.05, 4.69) is 4.98 Å². The van der Waals surface area contributed by atoms with E-state index in [1.807, 2.05) is 0 Å². The molecule has 0 fully saturated rings. The maximum Gasteiger partial charge on any atom is 0.351 e. The van der Waals surface area contributed by atoms with Gasteiger partial charge in [-0.25, -0.2) is 9.59 Å². The number of nitrogens with zero attached hydrogens (tertiary/aromatic N) is 2. The van der Waals surface area contributed by atoms with Crippen molar-refractivity contribution in [1.29, 1.82) is 0 Å². The number of rotatable bonds is 4. The average molecular weight is 281 g/mol. The Balaban J connectivity index is 2.35. The molecule has 0 unspecified atom stereocenters. The Hall–Kier alpha value is -2.19. The zero-order chi connectivity index (χ0) is 14.7. The van der Waals surface area contributed by atoms with Crippen LogP contribution in [0, 0.1) is 0 Å². The van der Waals surface area contributed by atoms with Crippen molar-refractivity contribution in [2.75, 3.05) is 18.9 Å². The average Bonchev–Trinajstić information content (AvgIpc) is 2.87. The number of ether oxygens (including phenoxy) is 2. The summed E-state index contributed by atoms with van der Waals surface area (Å²) in [5.41, 5.74) is 4.90. The highest BCUT2D eigenvalue weighted by molar-refractivity contribution is 5.93. The highest BCUT2D eigenvalue weighted by atomic mass is 16.5. The van der Waals surface area contributed by atoms with Crippen LogP contribution < -0.4 is 11.4 Å². The molecule has 2 heterocycles. The van der Waals surface area contributed by atoms with E-state index in [1.54, 1.807) is 19.1 Å². The molecular formula is C12H15N3O5. The lowest BCUT2D eigenvalue weighted by Crippen LogP contribution is -2.30. The molecule has 8 nitrogen and oxygen atoms in total. The lowest BCUT2D eigenvalue weighted by molar-refractivity contribution is -0.0104. The van der Waals surface area contributed by atoms with Crippen LogP contribution in [-0.4, -0.2) is 39.9 Å². The van der Waals surface area contributed by atoms with Crippen LogP contribution in [0.4, 0.5) is 5.82 Å². The number of esters is 1. The Bertz CT molecular complexity index is 595. The molecule has 108 valence electrons. The summed E-state index contributed by atoms with van der Waals surface area (Å²) in [6.45, 7) is 1.64. The Morgan fingerprint density at radius 2 is 2.35 bits per heavy atom. The first-order valence-corrected chi connectivity index (χ1v) is 6.07. The van der Waals surface area contributed by atoms with Gasteiger partial charge in [0.1, 0.15) is 17.5 Å². The smallest absolute Gasteiger partial charge is 0.351 e. The number of carbonyl (C=O) groups is 1. The summed E-state index contributed by atoms with van der Waals surface area (Å²) in [6, 6.07) is 0. The van der Waals surface area contributed by atoms with Crippen molar-refractivity contribution in [2.45, 2.75) is 19.3 Å². The van der Waals surface area contributed by atoms with Crippen molar-refractivity contribution in [3.05, 3.63) is 34.4 Å². The molecule has 0 saturated heterocycles. The third kappa shape index (κ3) is 2.70. The summed E-state index contributed by atoms with van der Waals surface area (Å²) in [7, 11) is 0. The lowest BCUT2D eigenvalue weighted by Gasteiger charge is -2.16. The summed E-state index contributed by atoms with van der Waals surface area (Å²) < 4.78 is 11.3. The summed E-state index contributed by atoms with van der Waals surface area (Å²) in [5, 5.41) is 8.98. The van der Waals surface area contributed by atoms with E-state index in [4.69, 9.17) is 20.3 Å². The second-order valence-corrected chi connectivity index (χ2v) is 4.08. The zero-order valence-corrected chi connectivity index (χ0v) is 10.9. The predicted octanol–water partition coefficient (Wildman–Crippen LogP) is -0.552. The fraction of sp³-hybridized carbons (Fsp3) is 0.417. The monoisotopic (exact) mass is 281 g/mol. The van der Waals surface area contributed by atoms with Gasteiger partial charge >= 0.3 is 11.7 Å². The number of anilines is 1. The number of aliphatic hydroxyl groups is 1. The fourth-order valence-corrected chi connectivity index (χ4v) is 1.78. The SMILES string of the molecule is CCOC(=O)c1cn([C@H]2C=C[C@@H](CO)O2)c(=O)nc1N. The second-order valence-electron chi connectivity index (χ2n) is 4.08. The van der Waals surface area contributed by atoms with Gasteiger partial charge in [-0.05, 0) is 13.0 Å². The number of hydrogen-bond acceptors (Lipinski definition) is 7. The highest BCUT2D eigenvalue weighted by Gasteiger charge is 2.23. The van der Waals surface area contributed by atoms with Gasteiger partial charge in [-0.2, -0.15) is 4.98 Å². The Morgan fingerprint density at radius 3 is 2.95 bits per heavy atom. The number of aromatic nitrogens is 2. The first kappa shape index (κ1) is 14.2. The van der Waals surface area contributed by atoms with Crippen LogP contribution in [-0.2, 0) is 9.47 Å². The van der Waals surface area contributed by atoms with Gasteiger partial charge in [0, 0.05) is 6.20 Å². The molecule has 2 rings (SSSR count). The third-order valence-corrected chi connectivity index (χ3v) is 2.74. The molecule has 1 aromatic rings. The Kier molecular flexibility index (Phi) is 4.16. The van der Waals surface area contributed by atoms with Crippen LogP contribution in [0.2, 0.25) is 0 Å². The minimum atomic E-state index is -0.735. The number of aliphatic hydroxyl groups excluding tert-OH is 1. The molecule has 3 N–H and O–H groups in total. The predicted molar refractivity (Wildman–Crippen MR) is 69.0 cm³/mol. The van der Waals surface area contributed by atoms with Crippen molar-refractivity contribution >= 4 is 11.8 Å². The minimum Gasteiger partial charge on any atom is -0.462 e. The molecule has 0 radical (unpaired) electrons. The van der Waals surface area contributed by atoms with E-state index in [-0.39, 0.29) is 24.6 Å². The maximum absolute atomic E-state index is 11.8. The quantitative estimate of drug-likeness (QED) is 0.561. The van der Waals surface area contributed by atoms with Crippen LogP contribution in [0.5, 0.6) is 0 Å². The molecule has 1 aromatic heterocycles. The first-order chi connectivity index (χ1) is 9.56. The molecule has 0 amide bonds. The van der Waals surface area contributed by atoms with E-state index in [0.29, 0.717) is 0 Å². The lowest BCUT2D eigenvalue weighted by atomic mass is 10.3. The Morgan fingerprint density at radius 1 is 1.60 bits per heavy atom. The topological polar surface area (TPSA) is 117 Å². The van der Waals surface area contributed by atoms with Crippen LogP contribution >= 0.6 is 0 Å². The molecule has 8 heteroatoms. The molecule has 2 atom stereocenters. The molecule has 0 bridgehead atoms. The van der Waals surface area contributed by atoms with Crippen molar-refractivity contribution in [2.24, 2.45) is 0 Å². The van der Waals surface area contributed by atoms with Gasteiger partial charge in [0.15, 0.2) is 6.23 Å².